The largest absolute Gasteiger partial charge is 0.356 e. The number of hydrogen-bond donors (Lipinski definition) is 1. The monoisotopic (exact) mass is 333 g/mol. The van der Waals surface area contributed by atoms with Gasteiger partial charge in [0.05, 0.1) is 0 Å². The summed E-state index contributed by atoms with van der Waals surface area (Å²) in [6.45, 7) is 12.1. The van der Waals surface area contributed by atoms with Crippen LogP contribution in [0.2, 0.25) is 0 Å². The van der Waals surface area contributed by atoms with Crippen molar-refractivity contribution in [2.75, 3.05) is 50.0 Å². The van der Waals surface area contributed by atoms with Crippen molar-refractivity contribution in [1.82, 2.24) is 14.9 Å². The first-order valence-corrected chi connectivity index (χ1v) is 9.44. The predicted molar refractivity (Wildman–Crippen MR) is 103 cm³/mol. The molecular weight excluding hydrogens is 298 g/mol. The van der Waals surface area contributed by atoms with Crippen LogP contribution >= 0.6 is 0 Å². The fourth-order valence-electron chi connectivity index (χ4n) is 2.91. The van der Waals surface area contributed by atoms with Crippen LogP contribution < -0.4 is 10.2 Å². The van der Waals surface area contributed by atoms with Gasteiger partial charge in [-0.1, -0.05) is 33.6 Å². The lowest BCUT2D eigenvalue weighted by molar-refractivity contribution is 0.270. The van der Waals surface area contributed by atoms with E-state index in [1.165, 1.54) is 32.1 Å². The third-order valence-corrected chi connectivity index (χ3v) is 4.59. The van der Waals surface area contributed by atoms with Gasteiger partial charge >= 0.3 is 0 Å². The maximum Gasteiger partial charge on any atom is 0.224 e. The predicted octanol–water partition coefficient (Wildman–Crippen LogP) is 3.64. The molecule has 24 heavy (non-hydrogen) atoms. The minimum absolute atomic E-state index is 0.395. The Bertz CT molecular complexity index is 475. The van der Waals surface area contributed by atoms with Gasteiger partial charge < -0.3 is 15.1 Å². The number of hydrogen-bond acceptors (Lipinski definition) is 5. The molecule has 0 radical (unpaired) electrons. The number of likely N-dealkylation sites (N-methyl/N-ethyl adjacent to an activating group) is 1. The molecule has 0 amide bonds. The lowest BCUT2D eigenvalue weighted by atomic mass is 9.92. The molecule has 1 aliphatic heterocycles. The molecule has 0 saturated carbocycles. The Balaban J connectivity index is 1.77. The minimum atomic E-state index is 0.395. The fraction of sp³-hybridized carbons (Fsp3) is 0.789. The number of rotatable bonds is 7. The van der Waals surface area contributed by atoms with Gasteiger partial charge in [0.25, 0.3) is 0 Å². The van der Waals surface area contributed by atoms with Crippen molar-refractivity contribution in [3.63, 3.8) is 0 Å². The first-order chi connectivity index (χ1) is 11.4. The zero-order valence-corrected chi connectivity index (χ0v) is 16.0. The quantitative estimate of drug-likeness (QED) is 0.825. The molecule has 1 aromatic rings. The highest BCUT2D eigenvalue weighted by atomic mass is 15.2. The standard InChI is InChI=1S/C19H35N5/c1-19(2,3)10-15-23(4)16-12-21-18-20-11-9-17(22-18)24-13-7-5-6-8-14-24/h9,11H,5-8,10,12-16H2,1-4H3,(H,20,21,22). The molecule has 0 bridgehead atoms. The van der Waals surface area contributed by atoms with Crippen molar-refractivity contribution in [2.45, 2.75) is 52.9 Å². The average molecular weight is 334 g/mol. The van der Waals surface area contributed by atoms with Gasteiger partial charge in [0.1, 0.15) is 5.82 Å². The van der Waals surface area contributed by atoms with Gasteiger partial charge in [-0.3, -0.25) is 0 Å². The minimum Gasteiger partial charge on any atom is -0.356 e. The molecule has 5 nitrogen and oxygen atoms in total. The highest BCUT2D eigenvalue weighted by Gasteiger charge is 2.13. The Kier molecular flexibility index (Phi) is 7.28. The molecule has 0 aliphatic carbocycles. The Morgan fingerprint density at radius 1 is 1.12 bits per heavy atom. The maximum absolute atomic E-state index is 4.71. The molecule has 0 atom stereocenters. The Hall–Kier alpha value is -1.36. The summed E-state index contributed by atoms with van der Waals surface area (Å²) in [5.74, 6) is 1.82. The molecule has 2 rings (SSSR count). The number of aromatic nitrogens is 2. The maximum atomic E-state index is 4.71. The molecule has 0 aromatic carbocycles. The molecule has 136 valence electrons. The van der Waals surface area contributed by atoms with Gasteiger partial charge in [-0.15, -0.1) is 0 Å². The van der Waals surface area contributed by atoms with Gasteiger partial charge in [-0.2, -0.15) is 4.98 Å². The van der Waals surface area contributed by atoms with Crippen LogP contribution in [0, 0.1) is 5.41 Å². The normalized spacial score (nSPS) is 16.3. The van der Waals surface area contributed by atoms with Crippen LogP contribution in [0.15, 0.2) is 12.3 Å². The molecule has 1 aromatic heterocycles. The first-order valence-electron chi connectivity index (χ1n) is 9.44. The zero-order valence-electron chi connectivity index (χ0n) is 16.0. The van der Waals surface area contributed by atoms with Gasteiger partial charge in [-0.25, -0.2) is 4.98 Å². The Morgan fingerprint density at radius 2 is 1.83 bits per heavy atom. The smallest absolute Gasteiger partial charge is 0.224 e. The van der Waals surface area contributed by atoms with E-state index in [1.807, 2.05) is 12.3 Å². The third-order valence-electron chi connectivity index (χ3n) is 4.59. The van der Waals surface area contributed by atoms with Gasteiger partial charge in [0.2, 0.25) is 5.95 Å². The summed E-state index contributed by atoms with van der Waals surface area (Å²) in [7, 11) is 2.18. The summed E-state index contributed by atoms with van der Waals surface area (Å²) >= 11 is 0. The van der Waals surface area contributed by atoms with Crippen molar-refractivity contribution < 1.29 is 0 Å². The topological polar surface area (TPSA) is 44.3 Å². The Morgan fingerprint density at radius 3 is 2.50 bits per heavy atom. The second kappa shape index (κ2) is 9.21. The summed E-state index contributed by atoms with van der Waals surface area (Å²) < 4.78 is 0. The van der Waals surface area contributed by atoms with E-state index >= 15 is 0 Å². The average Bonchev–Trinajstić information content (AvgIpc) is 2.82. The number of nitrogens with one attached hydrogen (secondary N) is 1. The number of anilines is 2. The SMILES string of the molecule is CN(CCNc1nccc(N2CCCCCC2)n1)CCC(C)(C)C. The van der Waals surface area contributed by atoms with E-state index in [-0.39, 0.29) is 0 Å². The van der Waals surface area contributed by atoms with E-state index in [4.69, 9.17) is 4.98 Å². The van der Waals surface area contributed by atoms with Crippen molar-refractivity contribution in [3.05, 3.63) is 12.3 Å². The van der Waals surface area contributed by atoms with Gasteiger partial charge in [0.15, 0.2) is 0 Å². The van der Waals surface area contributed by atoms with E-state index in [0.717, 1.165) is 44.5 Å². The van der Waals surface area contributed by atoms with E-state index in [0.29, 0.717) is 5.41 Å². The van der Waals surface area contributed by atoms with E-state index in [9.17, 15) is 0 Å². The molecule has 1 N–H and O–H groups in total. The van der Waals surface area contributed by atoms with Crippen LogP contribution in [0.1, 0.15) is 52.9 Å². The second-order valence-electron chi connectivity index (χ2n) is 8.18. The van der Waals surface area contributed by atoms with Crippen LogP contribution in [-0.2, 0) is 0 Å². The van der Waals surface area contributed by atoms with Crippen molar-refractivity contribution in [2.24, 2.45) is 5.41 Å². The van der Waals surface area contributed by atoms with Gasteiger partial charge in [-0.05, 0) is 44.3 Å². The summed E-state index contributed by atoms with van der Waals surface area (Å²) in [4.78, 5) is 13.8. The lowest BCUT2D eigenvalue weighted by Crippen LogP contribution is -2.29. The van der Waals surface area contributed by atoms with Gasteiger partial charge in [0, 0.05) is 32.4 Å². The van der Waals surface area contributed by atoms with Crippen molar-refractivity contribution in [3.8, 4) is 0 Å². The first kappa shape index (κ1) is 19.0. The summed E-state index contributed by atoms with van der Waals surface area (Å²) in [6, 6.07) is 2.03. The molecular formula is C19H35N5. The molecule has 2 heterocycles. The van der Waals surface area contributed by atoms with Crippen LogP contribution in [0.25, 0.3) is 0 Å². The molecule has 0 unspecified atom stereocenters. The highest BCUT2D eigenvalue weighted by Crippen LogP contribution is 2.19. The van der Waals surface area contributed by atoms with Crippen LogP contribution in [0.3, 0.4) is 0 Å². The van der Waals surface area contributed by atoms with E-state index in [2.05, 4.69) is 47.9 Å². The molecule has 5 heteroatoms. The van der Waals surface area contributed by atoms with Crippen LogP contribution in [0.5, 0.6) is 0 Å². The summed E-state index contributed by atoms with van der Waals surface area (Å²) in [5, 5.41) is 3.38. The zero-order chi connectivity index (χ0) is 17.4. The molecule has 0 spiro atoms. The second-order valence-corrected chi connectivity index (χ2v) is 8.18. The lowest BCUT2D eigenvalue weighted by Gasteiger charge is -2.24. The molecule has 1 saturated heterocycles. The van der Waals surface area contributed by atoms with Crippen LogP contribution in [0.4, 0.5) is 11.8 Å². The fourth-order valence-corrected chi connectivity index (χ4v) is 2.91. The highest BCUT2D eigenvalue weighted by molar-refractivity contribution is 5.42. The molecule has 1 fully saturated rings. The molecule has 1 aliphatic rings. The van der Waals surface area contributed by atoms with Crippen LogP contribution in [-0.4, -0.2) is 54.6 Å². The number of nitrogens with zero attached hydrogens (tertiary/aromatic N) is 4. The summed E-state index contributed by atoms with van der Waals surface area (Å²) in [6.07, 6.45) is 8.31. The van der Waals surface area contributed by atoms with Crippen molar-refractivity contribution >= 4 is 11.8 Å². The van der Waals surface area contributed by atoms with Crippen molar-refractivity contribution in [1.29, 1.82) is 0 Å². The third kappa shape index (κ3) is 7.04. The van der Waals surface area contributed by atoms with E-state index in [1.54, 1.807) is 0 Å². The Labute approximate surface area is 147 Å². The van der Waals surface area contributed by atoms with E-state index < -0.39 is 0 Å². The summed E-state index contributed by atoms with van der Waals surface area (Å²) in [5.41, 5.74) is 0.395.